The van der Waals surface area contributed by atoms with Crippen LogP contribution in [0, 0.1) is 5.92 Å². The number of ether oxygens (including phenoxy) is 1. The van der Waals surface area contributed by atoms with Crippen molar-refractivity contribution in [3.8, 4) is 0 Å². The molecule has 0 aromatic heterocycles. The van der Waals surface area contributed by atoms with Crippen LogP contribution in [0.5, 0.6) is 0 Å². The van der Waals surface area contributed by atoms with Crippen LogP contribution in [0.4, 0.5) is 0 Å². The van der Waals surface area contributed by atoms with Crippen LogP contribution >= 0.6 is 0 Å². The van der Waals surface area contributed by atoms with Crippen molar-refractivity contribution in [2.75, 3.05) is 26.2 Å². The van der Waals surface area contributed by atoms with E-state index in [2.05, 4.69) is 42.2 Å². The molecule has 0 saturated carbocycles. The molecule has 2 rings (SSSR count). The van der Waals surface area contributed by atoms with Gasteiger partial charge in [-0.2, -0.15) is 0 Å². The maximum absolute atomic E-state index is 11.7. The highest BCUT2D eigenvalue weighted by atomic mass is 16.5. The summed E-state index contributed by atoms with van der Waals surface area (Å²) in [5, 5.41) is 0. The second kappa shape index (κ2) is 7.44. The molecular weight excluding hydrogens is 250 g/mol. The fourth-order valence-corrected chi connectivity index (χ4v) is 2.89. The monoisotopic (exact) mass is 275 g/mol. The van der Waals surface area contributed by atoms with Crippen LogP contribution in [0.1, 0.15) is 38.2 Å². The minimum atomic E-state index is -0.0109. The zero-order chi connectivity index (χ0) is 14.4. The molecule has 1 aromatic carbocycles. The second-order valence-electron chi connectivity index (χ2n) is 5.64. The molecule has 1 heterocycles. The van der Waals surface area contributed by atoms with Crippen molar-refractivity contribution in [2.24, 2.45) is 5.92 Å². The van der Waals surface area contributed by atoms with E-state index >= 15 is 0 Å². The maximum atomic E-state index is 11.7. The Balaban J connectivity index is 1.78. The lowest BCUT2D eigenvalue weighted by molar-refractivity contribution is -0.149. The van der Waals surface area contributed by atoms with Gasteiger partial charge in [-0.15, -0.1) is 0 Å². The van der Waals surface area contributed by atoms with Gasteiger partial charge in [0.1, 0.15) is 0 Å². The number of hydrogen-bond acceptors (Lipinski definition) is 3. The number of esters is 1. The molecule has 1 aliphatic rings. The van der Waals surface area contributed by atoms with Gasteiger partial charge in [0.15, 0.2) is 0 Å². The quantitative estimate of drug-likeness (QED) is 0.773. The maximum Gasteiger partial charge on any atom is 0.309 e. The van der Waals surface area contributed by atoms with E-state index in [1.807, 2.05) is 6.92 Å². The molecule has 110 valence electrons. The summed E-state index contributed by atoms with van der Waals surface area (Å²) < 4.78 is 5.11. The largest absolute Gasteiger partial charge is 0.466 e. The summed E-state index contributed by atoms with van der Waals surface area (Å²) in [5.74, 6) is 0.636. The van der Waals surface area contributed by atoms with Gasteiger partial charge in [0.25, 0.3) is 0 Å². The lowest BCUT2D eigenvalue weighted by atomic mass is 9.95. The Hall–Kier alpha value is -1.35. The van der Waals surface area contributed by atoms with E-state index < -0.39 is 0 Å². The first-order valence-electron chi connectivity index (χ1n) is 7.64. The summed E-state index contributed by atoms with van der Waals surface area (Å²) >= 11 is 0. The summed E-state index contributed by atoms with van der Waals surface area (Å²) in [4.78, 5) is 14.2. The van der Waals surface area contributed by atoms with Gasteiger partial charge < -0.3 is 9.64 Å². The second-order valence-corrected chi connectivity index (χ2v) is 5.64. The smallest absolute Gasteiger partial charge is 0.309 e. The van der Waals surface area contributed by atoms with E-state index in [-0.39, 0.29) is 11.9 Å². The van der Waals surface area contributed by atoms with Gasteiger partial charge in [0, 0.05) is 6.54 Å². The summed E-state index contributed by atoms with van der Waals surface area (Å²) in [7, 11) is 0. The standard InChI is InChI=1S/C17H25NO2/c1-3-20-17(19)16-9-11-18(12-10-16)13-14(2)15-7-5-4-6-8-15/h4-8,14,16H,3,9-13H2,1-2H3. The van der Waals surface area contributed by atoms with Crippen molar-refractivity contribution in [3.63, 3.8) is 0 Å². The number of rotatable bonds is 5. The average molecular weight is 275 g/mol. The third-order valence-electron chi connectivity index (χ3n) is 4.11. The lowest BCUT2D eigenvalue weighted by Gasteiger charge is -2.32. The van der Waals surface area contributed by atoms with Gasteiger partial charge in [-0.05, 0) is 44.3 Å². The Morgan fingerprint density at radius 1 is 1.30 bits per heavy atom. The van der Waals surface area contributed by atoms with Crippen molar-refractivity contribution in [1.29, 1.82) is 0 Å². The van der Waals surface area contributed by atoms with Gasteiger partial charge in [0.2, 0.25) is 0 Å². The summed E-state index contributed by atoms with van der Waals surface area (Å²) in [5.41, 5.74) is 1.39. The molecule has 1 saturated heterocycles. The average Bonchev–Trinajstić information content (AvgIpc) is 2.49. The highest BCUT2D eigenvalue weighted by molar-refractivity contribution is 5.72. The number of benzene rings is 1. The lowest BCUT2D eigenvalue weighted by Crippen LogP contribution is -2.38. The van der Waals surface area contributed by atoms with Crippen molar-refractivity contribution < 1.29 is 9.53 Å². The third-order valence-corrected chi connectivity index (χ3v) is 4.11. The number of piperidine rings is 1. The number of carbonyl (C=O) groups is 1. The molecule has 1 aromatic rings. The molecule has 1 aliphatic heterocycles. The Morgan fingerprint density at radius 3 is 2.55 bits per heavy atom. The molecule has 0 amide bonds. The van der Waals surface area contributed by atoms with Crippen molar-refractivity contribution >= 4 is 5.97 Å². The van der Waals surface area contributed by atoms with Crippen molar-refractivity contribution in [3.05, 3.63) is 35.9 Å². The predicted octanol–water partition coefficient (Wildman–Crippen LogP) is 3.07. The van der Waals surface area contributed by atoms with Gasteiger partial charge in [-0.3, -0.25) is 4.79 Å². The summed E-state index contributed by atoms with van der Waals surface area (Å²) in [6, 6.07) is 10.6. The first kappa shape index (κ1) is 15.0. The molecule has 1 atom stereocenters. The Labute approximate surface area is 121 Å². The van der Waals surface area contributed by atoms with E-state index in [4.69, 9.17) is 4.74 Å². The molecule has 3 nitrogen and oxygen atoms in total. The molecular formula is C17H25NO2. The molecule has 20 heavy (non-hydrogen) atoms. The van der Waals surface area contributed by atoms with Gasteiger partial charge >= 0.3 is 5.97 Å². The summed E-state index contributed by atoms with van der Waals surface area (Å²) in [6.07, 6.45) is 1.86. The number of carbonyl (C=O) groups excluding carboxylic acids is 1. The van der Waals surface area contributed by atoms with Crippen LogP contribution in [0.15, 0.2) is 30.3 Å². The molecule has 3 heteroatoms. The topological polar surface area (TPSA) is 29.5 Å². The van der Waals surface area contributed by atoms with Crippen LogP contribution in [0.3, 0.4) is 0 Å². The highest BCUT2D eigenvalue weighted by Crippen LogP contribution is 2.22. The minimum absolute atomic E-state index is 0.0109. The number of nitrogens with zero attached hydrogens (tertiary/aromatic N) is 1. The Bertz CT molecular complexity index is 410. The zero-order valence-corrected chi connectivity index (χ0v) is 12.5. The zero-order valence-electron chi connectivity index (χ0n) is 12.5. The Kier molecular flexibility index (Phi) is 5.60. The highest BCUT2D eigenvalue weighted by Gasteiger charge is 2.26. The van der Waals surface area contributed by atoms with E-state index in [1.54, 1.807) is 0 Å². The first-order chi connectivity index (χ1) is 9.70. The van der Waals surface area contributed by atoms with Crippen LogP contribution in [0.25, 0.3) is 0 Å². The fraction of sp³-hybridized carbons (Fsp3) is 0.588. The summed E-state index contributed by atoms with van der Waals surface area (Å²) in [6.45, 7) is 7.70. The van der Waals surface area contributed by atoms with Crippen LogP contribution in [-0.4, -0.2) is 37.1 Å². The van der Waals surface area contributed by atoms with E-state index in [0.29, 0.717) is 12.5 Å². The number of hydrogen-bond donors (Lipinski definition) is 0. The molecule has 0 aliphatic carbocycles. The van der Waals surface area contributed by atoms with Crippen LogP contribution in [-0.2, 0) is 9.53 Å². The SMILES string of the molecule is CCOC(=O)C1CCN(CC(C)c2ccccc2)CC1. The normalized spacial score (nSPS) is 18.7. The van der Waals surface area contributed by atoms with Crippen LogP contribution < -0.4 is 0 Å². The van der Waals surface area contributed by atoms with Crippen LogP contribution in [0.2, 0.25) is 0 Å². The molecule has 1 unspecified atom stereocenters. The molecule has 0 N–H and O–H groups in total. The van der Waals surface area contributed by atoms with Gasteiger partial charge in [0.05, 0.1) is 12.5 Å². The number of likely N-dealkylation sites (tertiary alicyclic amines) is 1. The van der Waals surface area contributed by atoms with Crippen molar-refractivity contribution in [1.82, 2.24) is 4.90 Å². The van der Waals surface area contributed by atoms with Gasteiger partial charge in [-0.1, -0.05) is 37.3 Å². The minimum Gasteiger partial charge on any atom is -0.466 e. The van der Waals surface area contributed by atoms with Crippen molar-refractivity contribution in [2.45, 2.75) is 32.6 Å². The van der Waals surface area contributed by atoms with E-state index in [9.17, 15) is 4.79 Å². The molecule has 0 bridgehead atoms. The fourth-order valence-electron chi connectivity index (χ4n) is 2.89. The molecule has 1 fully saturated rings. The molecule has 0 spiro atoms. The first-order valence-corrected chi connectivity index (χ1v) is 7.64. The third kappa shape index (κ3) is 4.07. The van der Waals surface area contributed by atoms with E-state index in [1.165, 1.54) is 5.56 Å². The Morgan fingerprint density at radius 2 is 1.95 bits per heavy atom. The molecule has 0 radical (unpaired) electrons. The predicted molar refractivity (Wildman–Crippen MR) is 80.7 cm³/mol. The van der Waals surface area contributed by atoms with E-state index in [0.717, 1.165) is 32.5 Å². The van der Waals surface area contributed by atoms with Gasteiger partial charge in [-0.25, -0.2) is 0 Å².